The summed E-state index contributed by atoms with van der Waals surface area (Å²) in [4.78, 5) is 2.03. The number of hydrogen-bond donors (Lipinski definition) is 1. The van der Waals surface area contributed by atoms with Crippen molar-refractivity contribution in [3.05, 3.63) is 30.1 Å². The summed E-state index contributed by atoms with van der Waals surface area (Å²) in [5, 5.41) is 3.52. The minimum Gasteiger partial charge on any atom is -0.381 e. The molecule has 118 valence electrons. The molecule has 1 N–H and O–H groups in total. The number of nitrogens with one attached hydrogen (secondary N) is 1. The molecule has 1 aliphatic rings. The molecule has 1 aliphatic heterocycles. The molecule has 0 spiro atoms. The van der Waals surface area contributed by atoms with Gasteiger partial charge in [0.2, 0.25) is 0 Å². The van der Waals surface area contributed by atoms with Gasteiger partial charge >= 0.3 is 0 Å². The van der Waals surface area contributed by atoms with Crippen LogP contribution in [0.3, 0.4) is 0 Å². The zero-order chi connectivity index (χ0) is 15.1. The van der Waals surface area contributed by atoms with E-state index in [1.807, 2.05) is 24.1 Å². The van der Waals surface area contributed by atoms with Gasteiger partial charge in [0.1, 0.15) is 5.82 Å². The molecule has 1 unspecified atom stereocenters. The molecule has 21 heavy (non-hydrogen) atoms. The van der Waals surface area contributed by atoms with Crippen LogP contribution in [0.15, 0.2) is 24.3 Å². The molecule has 0 amide bonds. The first-order chi connectivity index (χ1) is 10.2. The lowest BCUT2D eigenvalue weighted by Gasteiger charge is -2.40. The first kappa shape index (κ1) is 16.2. The molecule has 0 radical (unpaired) electrons. The summed E-state index contributed by atoms with van der Waals surface area (Å²) in [6, 6.07) is 6.97. The number of anilines is 1. The highest BCUT2D eigenvalue weighted by Crippen LogP contribution is 2.31. The third-order valence-electron chi connectivity index (χ3n) is 4.17. The fraction of sp³-hybridized carbons (Fsp3) is 0.647. The molecule has 4 heteroatoms. The molecule has 0 aliphatic carbocycles. The average Bonchev–Trinajstić information content (AvgIpc) is 2.49. The first-order valence-electron chi connectivity index (χ1n) is 7.91. The Morgan fingerprint density at radius 2 is 2.19 bits per heavy atom. The number of ether oxygens (including phenoxy) is 1. The number of nitrogens with zero attached hydrogens (tertiary/aromatic N) is 1. The van der Waals surface area contributed by atoms with Gasteiger partial charge in [-0.1, -0.05) is 19.1 Å². The third-order valence-corrected chi connectivity index (χ3v) is 4.17. The Labute approximate surface area is 127 Å². The predicted molar refractivity (Wildman–Crippen MR) is 85.3 cm³/mol. The van der Waals surface area contributed by atoms with E-state index in [0.29, 0.717) is 5.69 Å². The molecule has 1 saturated heterocycles. The lowest BCUT2D eigenvalue weighted by Crippen LogP contribution is -2.48. The van der Waals surface area contributed by atoms with Crippen LogP contribution in [0.1, 0.15) is 26.2 Å². The van der Waals surface area contributed by atoms with Gasteiger partial charge in [-0.2, -0.15) is 0 Å². The summed E-state index contributed by atoms with van der Waals surface area (Å²) in [7, 11) is 1.97. The van der Waals surface area contributed by atoms with Crippen LogP contribution in [0.2, 0.25) is 0 Å². The number of halogens is 1. The quantitative estimate of drug-likeness (QED) is 0.782. The van der Waals surface area contributed by atoms with E-state index in [0.717, 1.165) is 52.1 Å². The fourth-order valence-electron chi connectivity index (χ4n) is 3.11. The van der Waals surface area contributed by atoms with E-state index in [1.54, 1.807) is 6.07 Å². The minimum absolute atomic E-state index is 0.0739. The summed E-state index contributed by atoms with van der Waals surface area (Å²) < 4.78 is 19.7. The summed E-state index contributed by atoms with van der Waals surface area (Å²) in [6.45, 7) is 6.53. The van der Waals surface area contributed by atoms with Crippen LogP contribution in [-0.4, -0.2) is 39.9 Å². The second-order valence-electron chi connectivity index (χ2n) is 6.14. The van der Waals surface area contributed by atoms with Crippen molar-refractivity contribution in [1.29, 1.82) is 0 Å². The predicted octanol–water partition coefficient (Wildman–Crippen LogP) is 3.06. The van der Waals surface area contributed by atoms with Gasteiger partial charge in [-0.05, 0) is 37.9 Å². The maximum atomic E-state index is 13.9. The zero-order valence-electron chi connectivity index (χ0n) is 13.2. The second-order valence-corrected chi connectivity index (χ2v) is 6.14. The van der Waals surface area contributed by atoms with Crippen LogP contribution in [0.25, 0.3) is 0 Å². The molecular weight excluding hydrogens is 267 g/mol. The molecule has 1 atom stereocenters. The normalized spacial score (nSPS) is 22.2. The van der Waals surface area contributed by atoms with Crippen molar-refractivity contribution in [1.82, 2.24) is 5.32 Å². The van der Waals surface area contributed by atoms with Crippen LogP contribution in [0, 0.1) is 11.2 Å². The SMILES string of the molecule is CCCNCC1(CN(C)c2ccccc2F)CCCOC1. The van der Waals surface area contributed by atoms with Gasteiger partial charge in [0, 0.05) is 32.2 Å². The van der Waals surface area contributed by atoms with Crippen LogP contribution >= 0.6 is 0 Å². The van der Waals surface area contributed by atoms with E-state index < -0.39 is 0 Å². The van der Waals surface area contributed by atoms with Crippen LogP contribution < -0.4 is 10.2 Å². The molecule has 1 heterocycles. The largest absolute Gasteiger partial charge is 0.381 e. The van der Waals surface area contributed by atoms with Gasteiger partial charge in [0.25, 0.3) is 0 Å². The van der Waals surface area contributed by atoms with Crippen molar-refractivity contribution in [2.75, 3.05) is 44.8 Å². The summed E-state index contributed by atoms with van der Waals surface area (Å²) in [5.41, 5.74) is 0.739. The molecule has 1 aromatic carbocycles. The van der Waals surface area contributed by atoms with Gasteiger partial charge in [0.05, 0.1) is 12.3 Å². The number of para-hydroxylation sites is 1. The molecular formula is C17H27FN2O. The summed E-state index contributed by atoms with van der Waals surface area (Å²) in [6.07, 6.45) is 3.33. The molecule has 0 bridgehead atoms. The smallest absolute Gasteiger partial charge is 0.146 e. The number of rotatable bonds is 7. The minimum atomic E-state index is -0.159. The highest BCUT2D eigenvalue weighted by atomic mass is 19.1. The van der Waals surface area contributed by atoms with Gasteiger partial charge < -0.3 is 15.0 Å². The zero-order valence-corrected chi connectivity index (χ0v) is 13.2. The lowest BCUT2D eigenvalue weighted by atomic mass is 9.81. The molecule has 0 aromatic heterocycles. The molecule has 0 saturated carbocycles. The maximum Gasteiger partial charge on any atom is 0.146 e. The maximum absolute atomic E-state index is 13.9. The van der Waals surface area contributed by atoms with Crippen molar-refractivity contribution >= 4 is 5.69 Å². The Morgan fingerprint density at radius 1 is 1.38 bits per heavy atom. The van der Waals surface area contributed by atoms with E-state index in [1.165, 1.54) is 6.07 Å². The van der Waals surface area contributed by atoms with Gasteiger partial charge in [0.15, 0.2) is 0 Å². The van der Waals surface area contributed by atoms with Crippen LogP contribution in [-0.2, 0) is 4.74 Å². The van der Waals surface area contributed by atoms with Gasteiger partial charge in [-0.15, -0.1) is 0 Å². The Balaban J connectivity index is 2.05. The Kier molecular flexibility index (Phi) is 6.00. The fourth-order valence-corrected chi connectivity index (χ4v) is 3.11. The number of benzene rings is 1. The monoisotopic (exact) mass is 294 g/mol. The van der Waals surface area contributed by atoms with Crippen molar-refractivity contribution in [3.63, 3.8) is 0 Å². The molecule has 2 rings (SSSR count). The van der Waals surface area contributed by atoms with Crippen molar-refractivity contribution in [2.45, 2.75) is 26.2 Å². The van der Waals surface area contributed by atoms with Crippen LogP contribution in [0.5, 0.6) is 0 Å². The van der Waals surface area contributed by atoms with E-state index in [9.17, 15) is 4.39 Å². The molecule has 1 fully saturated rings. The van der Waals surface area contributed by atoms with Gasteiger partial charge in [-0.25, -0.2) is 4.39 Å². The van der Waals surface area contributed by atoms with Crippen LogP contribution in [0.4, 0.5) is 10.1 Å². The standard InChI is InChI=1S/C17H27FN2O/c1-3-10-19-12-17(9-6-11-21-14-17)13-20(2)16-8-5-4-7-15(16)18/h4-5,7-8,19H,3,6,9-14H2,1-2H3. The van der Waals surface area contributed by atoms with Crippen molar-refractivity contribution in [2.24, 2.45) is 5.41 Å². The van der Waals surface area contributed by atoms with E-state index in [4.69, 9.17) is 4.74 Å². The Morgan fingerprint density at radius 3 is 2.86 bits per heavy atom. The molecule has 1 aromatic rings. The van der Waals surface area contributed by atoms with Crippen molar-refractivity contribution in [3.8, 4) is 0 Å². The topological polar surface area (TPSA) is 24.5 Å². The Hall–Kier alpha value is -1.13. The summed E-state index contributed by atoms with van der Waals surface area (Å²) >= 11 is 0. The second kappa shape index (κ2) is 7.76. The third kappa shape index (κ3) is 4.42. The Bertz CT molecular complexity index is 433. The highest BCUT2D eigenvalue weighted by molar-refractivity contribution is 5.47. The summed E-state index contributed by atoms with van der Waals surface area (Å²) in [5.74, 6) is -0.159. The van der Waals surface area contributed by atoms with E-state index in [2.05, 4.69) is 12.2 Å². The van der Waals surface area contributed by atoms with E-state index in [-0.39, 0.29) is 11.2 Å². The van der Waals surface area contributed by atoms with Gasteiger partial charge in [-0.3, -0.25) is 0 Å². The lowest BCUT2D eigenvalue weighted by molar-refractivity contribution is -0.00269. The highest BCUT2D eigenvalue weighted by Gasteiger charge is 2.34. The average molecular weight is 294 g/mol. The first-order valence-corrected chi connectivity index (χ1v) is 7.91. The molecule has 3 nitrogen and oxygen atoms in total. The van der Waals surface area contributed by atoms with E-state index >= 15 is 0 Å². The number of hydrogen-bond acceptors (Lipinski definition) is 3. The van der Waals surface area contributed by atoms with Crippen molar-refractivity contribution < 1.29 is 9.13 Å².